The maximum atomic E-state index is 12.8. The van der Waals surface area contributed by atoms with Crippen molar-refractivity contribution < 1.29 is 0 Å². The van der Waals surface area contributed by atoms with Crippen LogP contribution < -0.4 is 5.56 Å². The monoisotopic (exact) mass is 280 g/mol. The third-order valence-corrected chi connectivity index (χ3v) is 3.89. The first-order valence-corrected chi connectivity index (χ1v) is 7.10. The summed E-state index contributed by atoms with van der Waals surface area (Å²) in [6, 6.07) is 5.87. The second kappa shape index (κ2) is 5.06. The molecule has 0 saturated carbocycles. The standard InChI is InChI=1S/C16H16N4O/c1-3-4-6-11-10(2)12(9-17)15-19-14-13(7-5-8-18-14)20(15)16(11)21/h5,7-8H,3-4,6H2,1-2H3,(H,18,19). The minimum absolute atomic E-state index is 0.0583. The Morgan fingerprint density at radius 3 is 3.00 bits per heavy atom. The molecule has 1 N–H and O–H groups in total. The first-order valence-electron chi connectivity index (χ1n) is 7.10. The molecule has 3 rings (SSSR count). The third kappa shape index (κ3) is 1.91. The van der Waals surface area contributed by atoms with Crippen molar-refractivity contribution in [1.82, 2.24) is 14.4 Å². The van der Waals surface area contributed by atoms with Gasteiger partial charge in [0, 0.05) is 11.8 Å². The second-order valence-electron chi connectivity index (χ2n) is 5.17. The fraction of sp³-hybridized carbons (Fsp3) is 0.312. The van der Waals surface area contributed by atoms with Gasteiger partial charge in [-0.15, -0.1) is 0 Å². The number of nitrogens with zero attached hydrogens (tertiary/aromatic N) is 3. The van der Waals surface area contributed by atoms with Crippen LogP contribution in [0.25, 0.3) is 16.8 Å². The highest BCUT2D eigenvalue weighted by molar-refractivity contribution is 5.79. The molecule has 3 heterocycles. The fourth-order valence-electron chi connectivity index (χ4n) is 2.73. The first-order chi connectivity index (χ1) is 10.2. The number of imidazole rings is 1. The Morgan fingerprint density at radius 1 is 1.48 bits per heavy atom. The molecular weight excluding hydrogens is 264 g/mol. The predicted octanol–water partition coefficient (Wildman–Crippen LogP) is 2.70. The highest BCUT2D eigenvalue weighted by atomic mass is 16.1. The Bertz CT molecular complexity index is 927. The van der Waals surface area contributed by atoms with Gasteiger partial charge < -0.3 is 4.98 Å². The molecule has 5 nitrogen and oxygen atoms in total. The average Bonchev–Trinajstić information content (AvgIpc) is 2.87. The molecule has 0 atom stereocenters. The molecular formula is C16H16N4O. The largest absolute Gasteiger partial charge is 0.345 e. The summed E-state index contributed by atoms with van der Waals surface area (Å²) >= 11 is 0. The van der Waals surface area contributed by atoms with Crippen LogP contribution in [0.4, 0.5) is 0 Å². The molecule has 3 aromatic rings. The summed E-state index contributed by atoms with van der Waals surface area (Å²) in [5.41, 5.74) is 3.70. The molecule has 106 valence electrons. The second-order valence-corrected chi connectivity index (χ2v) is 5.17. The maximum Gasteiger partial charge on any atom is 0.260 e. The smallest absolute Gasteiger partial charge is 0.260 e. The molecule has 0 saturated heterocycles. The molecule has 0 aromatic carbocycles. The van der Waals surface area contributed by atoms with E-state index < -0.39 is 0 Å². The van der Waals surface area contributed by atoms with Crippen molar-refractivity contribution in [2.75, 3.05) is 0 Å². The molecule has 0 aliphatic heterocycles. The van der Waals surface area contributed by atoms with Gasteiger partial charge in [-0.3, -0.25) is 9.20 Å². The van der Waals surface area contributed by atoms with Crippen LogP contribution in [0.3, 0.4) is 0 Å². The van der Waals surface area contributed by atoms with Crippen molar-refractivity contribution in [3.05, 3.63) is 45.4 Å². The van der Waals surface area contributed by atoms with E-state index in [1.54, 1.807) is 10.6 Å². The quantitative estimate of drug-likeness (QED) is 0.801. The molecule has 0 radical (unpaired) electrons. The van der Waals surface area contributed by atoms with Gasteiger partial charge in [0.2, 0.25) is 0 Å². The SMILES string of the molecule is CCCCc1c(C)c(C#N)c2nc3[nH]cccc3n2c1=O. The topological polar surface area (TPSA) is 73.9 Å². The molecule has 21 heavy (non-hydrogen) atoms. The van der Waals surface area contributed by atoms with Crippen LogP contribution in [-0.4, -0.2) is 14.4 Å². The van der Waals surface area contributed by atoms with Crippen LogP contribution in [0, 0.1) is 18.3 Å². The zero-order valence-corrected chi connectivity index (χ0v) is 12.1. The summed E-state index contributed by atoms with van der Waals surface area (Å²) in [4.78, 5) is 20.2. The molecule has 0 unspecified atom stereocenters. The Balaban J connectivity index is 2.48. The van der Waals surface area contributed by atoms with Gasteiger partial charge >= 0.3 is 0 Å². The minimum Gasteiger partial charge on any atom is -0.345 e. The van der Waals surface area contributed by atoms with Gasteiger partial charge in [-0.2, -0.15) is 5.26 Å². The van der Waals surface area contributed by atoms with E-state index >= 15 is 0 Å². The molecule has 0 spiro atoms. The number of unbranched alkanes of at least 4 members (excludes halogenated alkanes) is 1. The molecule has 5 heteroatoms. The van der Waals surface area contributed by atoms with E-state index in [0.29, 0.717) is 28.8 Å². The number of rotatable bonds is 3. The van der Waals surface area contributed by atoms with Gasteiger partial charge in [0.05, 0.1) is 11.1 Å². The number of pyridine rings is 2. The van der Waals surface area contributed by atoms with Crippen LogP contribution in [0.1, 0.15) is 36.5 Å². The van der Waals surface area contributed by atoms with Crippen LogP contribution >= 0.6 is 0 Å². The minimum atomic E-state index is -0.0583. The molecule has 0 fully saturated rings. The predicted molar refractivity (Wildman–Crippen MR) is 81.4 cm³/mol. The van der Waals surface area contributed by atoms with Crippen LogP contribution in [-0.2, 0) is 6.42 Å². The number of hydrogen-bond acceptors (Lipinski definition) is 3. The molecule has 0 aliphatic rings. The highest BCUT2D eigenvalue weighted by Crippen LogP contribution is 2.20. The summed E-state index contributed by atoms with van der Waals surface area (Å²) in [5, 5.41) is 9.47. The Kier molecular flexibility index (Phi) is 3.22. The van der Waals surface area contributed by atoms with E-state index in [1.807, 2.05) is 19.1 Å². The summed E-state index contributed by atoms with van der Waals surface area (Å²) < 4.78 is 1.56. The van der Waals surface area contributed by atoms with E-state index in [2.05, 4.69) is 23.0 Å². The maximum absolute atomic E-state index is 12.8. The summed E-state index contributed by atoms with van der Waals surface area (Å²) in [7, 11) is 0. The normalized spacial score (nSPS) is 11.1. The van der Waals surface area contributed by atoms with Crippen molar-refractivity contribution in [3.63, 3.8) is 0 Å². The lowest BCUT2D eigenvalue weighted by atomic mass is 10.0. The molecule has 0 amide bonds. The van der Waals surface area contributed by atoms with Gasteiger partial charge in [0.25, 0.3) is 5.56 Å². The number of aromatic amines is 1. The van der Waals surface area contributed by atoms with Crippen molar-refractivity contribution in [3.8, 4) is 6.07 Å². The van der Waals surface area contributed by atoms with E-state index in [0.717, 1.165) is 24.0 Å². The van der Waals surface area contributed by atoms with Crippen molar-refractivity contribution >= 4 is 16.8 Å². The van der Waals surface area contributed by atoms with Gasteiger partial charge in [-0.1, -0.05) is 13.3 Å². The lowest BCUT2D eigenvalue weighted by Crippen LogP contribution is -2.21. The average molecular weight is 280 g/mol. The Morgan fingerprint density at radius 2 is 2.29 bits per heavy atom. The van der Waals surface area contributed by atoms with Gasteiger partial charge in [0.1, 0.15) is 6.07 Å². The third-order valence-electron chi connectivity index (χ3n) is 3.89. The Hall–Kier alpha value is -2.61. The summed E-state index contributed by atoms with van der Waals surface area (Å²) in [6.45, 7) is 3.93. The van der Waals surface area contributed by atoms with Gasteiger partial charge in [-0.05, 0) is 37.5 Å². The Labute approximate surface area is 121 Å². The summed E-state index contributed by atoms with van der Waals surface area (Å²) in [6.07, 6.45) is 4.40. The van der Waals surface area contributed by atoms with Crippen LogP contribution in [0.5, 0.6) is 0 Å². The van der Waals surface area contributed by atoms with Crippen molar-refractivity contribution in [1.29, 1.82) is 5.26 Å². The van der Waals surface area contributed by atoms with Gasteiger partial charge in [0.15, 0.2) is 11.3 Å². The molecule has 3 aromatic heterocycles. The fourth-order valence-corrected chi connectivity index (χ4v) is 2.73. The lowest BCUT2D eigenvalue weighted by Gasteiger charge is -2.08. The van der Waals surface area contributed by atoms with Crippen molar-refractivity contribution in [2.24, 2.45) is 0 Å². The zero-order valence-electron chi connectivity index (χ0n) is 12.1. The first kappa shape index (κ1) is 13.4. The molecule has 0 aliphatic carbocycles. The van der Waals surface area contributed by atoms with E-state index in [1.165, 1.54) is 0 Å². The summed E-state index contributed by atoms with van der Waals surface area (Å²) in [5.74, 6) is 0. The zero-order chi connectivity index (χ0) is 15.0. The van der Waals surface area contributed by atoms with Gasteiger partial charge in [-0.25, -0.2) is 4.98 Å². The molecule has 0 bridgehead atoms. The number of hydrogen-bond donors (Lipinski definition) is 1. The van der Waals surface area contributed by atoms with E-state index in [4.69, 9.17) is 0 Å². The van der Waals surface area contributed by atoms with Crippen molar-refractivity contribution in [2.45, 2.75) is 33.1 Å². The number of H-pyrrole nitrogens is 1. The number of aromatic nitrogens is 3. The highest BCUT2D eigenvalue weighted by Gasteiger charge is 2.18. The van der Waals surface area contributed by atoms with E-state index in [-0.39, 0.29) is 5.56 Å². The number of nitriles is 1. The lowest BCUT2D eigenvalue weighted by molar-refractivity contribution is 0.780. The van der Waals surface area contributed by atoms with Crippen LogP contribution in [0.2, 0.25) is 0 Å². The van der Waals surface area contributed by atoms with E-state index in [9.17, 15) is 10.1 Å². The number of nitrogens with one attached hydrogen (secondary N) is 1. The number of fused-ring (bicyclic) bond motifs is 3. The van der Waals surface area contributed by atoms with Crippen LogP contribution in [0.15, 0.2) is 23.1 Å².